The Hall–Kier alpha value is -3.89. The highest BCUT2D eigenvalue weighted by atomic mass is 35.5. The predicted octanol–water partition coefficient (Wildman–Crippen LogP) is 8.05. The molecule has 2 aliphatic rings. The second-order valence-corrected chi connectivity index (χ2v) is 18.1. The third kappa shape index (κ3) is 6.09. The summed E-state index contributed by atoms with van der Waals surface area (Å²) in [6.07, 6.45) is 0. The maximum atomic E-state index is 13.7. The summed E-state index contributed by atoms with van der Waals surface area (Å²) >= 11 is 26.8. The van der Waals surface area contributed by atoms with E-state index in [-0.39, 0.29) is 54.8 Å². The Morgan fingerprint density at radius 1 is 0.692 bits per heavy atom. The van der Waals surface area contributed by atoms with Crippen molar-refractivity contribution in [1.82, 2.24) is 19.6 Å². The average molecular weight is 863 g/mol. The quantitative estimate of drug-likeness (QED) is 0.118. The van der Waals surface area contributed by atoms with Crippen LogP contribution in [0.2, 0.25) is 20.1 Å². The molecular formula is C29H16Cl4N6O9S4. The Balaban J connectivity index is 1.21. The van der Waals surface area contributed by atoms with Gasteiger partial charge in [0.05, 0.1) is 53.7 Å². The molecule has 4 N–H and O–H groups in total. The van der Waals surface area contributed by atoms with Gasteiger partial charge in [-0.2, -0.15) is 16.8 Å². The van der Waals surface area contributed by atoms with Gasteiger partial charge in [-0.3, -0.25) is 19.7 Å². The third-order valence-electron chi connectivity index (χ3n) is 7.74. The second-order valence-electron chi connectivity index (χ2n) is 11.0. The van der Waals surface area contributed by atoms with E-state index in [0.717, 1.165) is 22.7 Å². The maximum absolute atomic E-state index is 13.7. The molecule has 0 fully saturated rings. The van der Waals surface area contributed by atoms with Crippen molar-refractivity contribution < 1.29 is 40.2 Å². The molecule has 2 aliphatic heterocycles. The van der Waals surface area contributed by atoms with E-state index in [0.29, 0.717) is 53.7 Å². The van der Waals surface area contributed by atoms with Crippen LogP contribution in [0.3, 0.4) is 0 Å². The Labute approximate surface area is 320 Å². The van der Waals surface area contributed by atoms with Crippen LogP contribution in [0.5, 0.6) is 11.5 Å². The van der Waals surface area contributed by atoms with E-state index in [9.17, 15) is 30.7 Å². The monoisotopic (exact) mass is 860 g/mol. The van der Waals surface area contributed by atoms with Gasteiger partial charge in [0.2, 0.25) is 0 Å². The van der Waals surface area contributed by atoms with E-state index in [4.69, 9.17) is 55.9 Å². The SMILES string of the molecule is O=C(Nc1nn(-c2ccc(Cl)cc2Cl)c2c1COc1cc(S(=O)(=O)O)sc1-2)Nc1nn(-c2ccc(Cl)cc2Cl)c2c1COc1cc(S(=O)(=O)O)sc1-2. The lowest BCUT2D eigenvalue weighted by Gasteiger charge is -2.17. The van der Waals surface area contributed by atoms with Crippen molar-refractivity contribution in [3.05, 3.63) is 79.7 Å². The van der Waals surface area contributed by atoms with Gasteiger partial charge in [-0.1, -0.05) is 46.4 Å². The minimum atomic E-state index is -4.58. The summed E-state index contributed by atoms with van der Waals surface area (Å²) < 4.78 is 81.1. The minimum absolute atomic E-state index is 0.00889. The Morgan fingerprint density at radius 3 is 1.46 bits per heavy atom. The zero-order chi connectivity index (χ0) is 36.9. The van der Waals surface area contributed by atoms with Crippen LogP contribution in [0.15, 0.2) is 56.9 Å². The first-order valence-corrected chi connectivity index (χ1v) is 20.3. The molecule has 0 spiro atoms. The molecule has 2 aromatic carbocycles. The van der Waals surface area contributed by atoms with E-state index in [2.05, 4.69) is 20.8 Å². The Kier molecular flexibility index (Phi) is 8.53. The average Bonchev–Trinajstić information content (AvgIpc) is 3.83. The smallest absolute Gasteiger partial charge is 0.326 e. The fraction of sp³-hybridized carbons (Fsp3) is 0.0690. The predicted molar refractivity (Wildman–Crippen MR) is 195 cm³/mol. The van der Waals surface area contributed by atoms with Crippen LogP contribution in [-0.2, 0) is 33.5 Å². The molecular weight excluding hydrogens is 846 g/mol. The maximum Gasteiger partial charge on any atom is 0.326 e. The molecule has 6 heterocycles. The van der Waals surface area contributed by atoms with Crippen LogP contribution in [0.25, 0.3) is 32.5 Å². The van der Waals surface area contributed by atoms with E-state index in [1.54, 1.807) is 24.3 Å². The van der Waals surface area contributed by atoms with Gasteiger partial charge in [-0.05, 0) is 36.4 Å². The summed E-state index contributed by atoms with van der Waals surface area (Å²) in [7, 11) is -9.17. The summed E-state index contributed by atoms with van der Waals surface area (Å²) in [4.78, 5) is 14.3. The number of thiophene rings is 2. The number of amides is 2. The van der Waals surface area contributed by atoms with Gasteiger partial charge in [0.25, 0.3) is 0 Å². The number of fused-ring (bicyclic) bond motifs is 6. The van der Waals surface area contributed by atoms with Gasteiger partial charge in [0.1, 0.15) is 24.7 Å². The second kappa shape index (κ2) is 12.6. The standard InChI is InChI=1S/C29H16Cl4N6O9S4/c30-11-1-3-17(15(32)5-11)38-23-13(9-47-19-7-21(49-25(19)23)51(41,42)43)27(36-38)34-29(40)35-28-14-10-48-20-8-22(52(44,45)46)50-26(20)24(14)39(37-28)18-4-2-12(31)6-16(18)33/h1-8H,9-10H2,(H,41,42,43)(H,44,45,46)(H2,34,35,36,37,40). The van der Waals surface area contributed by atoms with E-state index in [1.807, 2.05) is 0 Å². The summed E-state index contributed by atoms with van der Waals surface area (Å²) in [6, 6.07) is 10.8. The molecule has 0 radical (unpaired) electrons. The van der Waals surface area contributed by atoms with Crippen molar-refractivity contribution in [2.75, 3.05) is 10.6 Å². The largest absolute Gasteiger partial charge is 0.487 e. The van der Waals surface area contributed by atoms with Gasteiger partial charge < -0.3 is 9.47 Å². The Morgan fingerprint density at radius 2 is 1.10 bits per heavy atom. The molecule has 0 saturated heterocycles. The number of carbonyl (C=O) groups excluding carboxylic acids is 1. The number of anilines is 2. The summed E-state index contributed by atoms with van der Waals surface area (Å²) in [5, 5.41) is 15.6. The summed E-state index contributed by atoms with van der Waals surface area (Å²) in [6.45, 7) is -0.315. The molecule has 52 heavy (non-hydrogen) atoms. The number of carbonyl (C=O) groups is 1. The van der Waals surface area contributed by atoms with E-state index >= 15 is 0 Å². The number of nitrogens with zero attached hydrogens (tertiary/aromatic N) is 4. The fourth-order valence-electron chi connectivity index (χ4n) is 5.55. The number of hydrogen-bond donors (Lipinski definition) is 4. The number of rotatable bonds is 6. The van der Waals surface area contributed by atoms with Gasteiger partial charge in [-0.15, -0.1) is 32.9 Å². The lowest BCUT2D eigenvalue weighted by molar-refractivity contribution is 0.261. The number of halogens is 4. The molecule has 0 unspecified atom stereocenters. The van der Waals surface area contributed by atoms with E-state index < -0.39 is 26.3 Å². The van der Waals surface area contributed by atoms with Gasteiger partial charge in [-0.25, -0.2) is 14.2 Å². The third-order valence-corrected chi connectivity index (χ3v) is 13.7. The molecule has 23 heteroatoms. The summed E-state index contributed by atoms with van der Waals surface area (Å²) in [5.74, 6) is 0.343. The molecule has 2 amide bonds. The number of ether oxygens (including phenoxy) is 2. The molecule has 0 aliphatic carbocycles. The van der Waals surface area contributed by atoms with Gasteiger partial charge in [0.15, 0.2) is 20.1 Å². The lowest BCUT2D eigenvalue weighted by Crippen LogP contribution is -2.22. The van der Waals surface area contributed by atoms with Crippen LogP contribution in [0, 0.1) is 0 Å². The topological polar surface area (TPSA) is 204 Å². The van der Waals surface area contributed by atoms with Gasteiger partial charge in [0, 0.05) is 22.2 Å². The van der Waals surface area contributed by atoms with Crippen LogP contribution >= 0.6 is 69.1 Å². The van der Waals surface area contributed by atoms with Crippen molar-refractivity contribution in [2.24, 2.45) is 0 Å². The van der Waals surface area contributed by atoms with Crippen LogP contribution in [0.1, 0.15) is 11.1 Å². The number of aromatic nitrogens is 4. The zero-order valence-electron chi connectivity index (χ0n) is 25.2. The lowest BCUT2D eigenvalue weighted by atomic mass is 10.1. The van der Waals surface area contributed by atoms with E-state index in [1.165, 1.54) is 33.6 Å². The van der Waals surface area contributed by atoms with Crippen molar-refractivity contribution >= 4 is 107 Å². The highest BCUT2D eigenvalue weighted by Crippen LogP contribution is 2.50. The molecule has 6 aromatic rings. The minimum Gasteiger partial charge on any atom is -0.487 e. The van der Waals surface area contributed by atoms with Crippen molar-refractivity contribution in [2.45, 2.75) is 21.6 Å². The highest BCUT2D eigenvalue weighted by molar-refractivity contribution is 7.88. The molecule has 0 bridgehead atoms. The number of hydrogen-bond acceptors (Lipinski definition) is 11. The number of nitrogens with one attached hydrogen (secondary N) is 2. The first-order valence-electron chi connectivity index (χ1n) is 14.3. The van der Waals surface area contributed by atoms with Crippen molar-refractivity contribution in [1.29, 1.82) is 0 Å². The fourth-order valence-corrected chi connectivity index (χ4v) is 10.2. The van der Waals surface area contributed by atoms with Gasteiger partial charge >= 0.3 is 26.3 Å². The molecule has 0 saturated carbocycles. The van der Waals surface area contributed by atoms with Crippen LogP contribution in [0.4, 0.5) is 16.4 Å². The molecule has 268 valence electrons. The van der Waals surface area contributed by atoms with Crippen molar-refractivity contribution in [3.8, 4) is 44.0 Å². The molecule has 4 aromatic heterocycles. The molecule has 0 atom stereocenters. The normalized spacial score (nSPS) is 13.3. The number of benzene rings is 2. The van der Waals surface area contributed by atoms with Crippen LogP contribution < -0.4 is 20.1 Å². The highest BCUT2D eigenvalue weighted by Gasteiger charge is 2.35. The zero-order valence-corrected chi connectivity index (χ0v) is 31.5. The first-order chi connectivity index (χ1) is 24.6. The molecule has 8 rings (SSSR count). The van der Waals surface area contributed by atoms with Crippen LogP contribution in [-0.4, -0.2) is 51.5 Å². The first kappa shape index (κ1) is 35.2. The molecule has 15 nitrogen and oxygen atoms in total. The Bertz CT molecular complexity index is 2560. The summed E-state index contributed by atoms with van der Waals surface area (Å²) in [5.41, 5.74) is 2.06. The number of urea groups is 1. The van der Waals surface area contributed by atoms with Crippen molar-refractivity contribution in [3.63, 3.8) is 0 Å².